The van der Waals surface area contributed by atoms with Crippen LogP contribution in [0.25, 0.3) is 0 Å². The number of phenols is 1. The summed E-state index contributed by atoms with van der Waals surface area (Å²) >= 11 is 0. The summed E-state index contributed by atoms with van der Waals surface area (Å²) in [5.74, 6) is 0.848. The molecule has 0 atom stereocenters. The molecule has 3 rings (SSSR count). The van der Waals surface area contributed by atoms with Crippen molar-refractivity contribution in [3.8, 4) is 11.5 Å². The molecule has 2 fully saturated rings. The maximum Gasteiger partial charge on any atom is 0.260 e. The Morgan fingerprint density at radius 1 is 1.04 bits per heavy atom. The molecule has 1 heterocycles. The first-order valence-electron chi connectivity index (χ1n) is 8.66. The molecule has 0 radical (unpaired) electrons. The zero-order chi connectivity index (χ0) is 16.1. The summed E-state index contributed by atoms with van der Waals surface area (Å²) in [6.45, 7) is 3.63. The van der Waals surface area contributed by atoms with Crippen LogP contribution >= 0.6 is 0 Å². The summed E-state index contributed by atoms with van der Waals surface area (Å²) in [4.78, 5) is 16.7. The molecule has 23 heavy (non-hydrogen) atoms. The summed E-state index contributed by atoms with van der Waals surface area (Å²) in [7, 11) is 0. The number of nitrogens with zero attached hydrogens (tertiary/aromatic N) is 2. The lowest BCUT2D eigenvalue weighted by Crippen LogP contribution is -2.53. The lowest BCUT2D eigenvalue weighted by atomic mass is 9.94. The Kier molecular flexibility index (Phi) is 5.39. The highest BCUT2D eigenvalue weighted by atomic mass is 16.5. The monoisotopic (exact) mass is 318 g/mol. The average Bonchev–Trinajstić information content (AvgIpc) is 2.62. The maximum atomic E-state index is 12.3. The number of hydrogen-bond acceptors (Lipinski definition) is 4. The van der Waals surface area contributed by atoms with Crippen LogP contribution in [0.1, 0.15) is 32.1 Å². The molecule has 1 aromatic rings. The third kappa shape index (κ3) is 4.38. The van der Waals surface area contributed by atoms with Crippen molar-refractivity contribution in [2.45, 2.75) is 38.1 Å². The normalized spacial score (nSPS) is 20.4. The third-order valence-electron chi connectivity index (χ3n) is 4.96. The van der Waals surface area contributed by atoms with Gasteiger partial charge in [0.2, 0.25) is 0 Å². The molecule has 126 valence electrons. The van der Waals surface area contributed by atoms with E-state index in [1.165, 1.54) is 32.1 Å². The summed E-state index contributed by atoms with van der Waals surface area (Å²) in [5.41, 5.74) is 0. The van der Waals surface area contributed by atoms with E-state index in [0.29, 0.717) is 5.75 Å². The summed E-state index contributed by atoms with van der Waals surface area (Å²) in [6.07, 6.45) is 6.72. The van der Waals surface area contributed by atoms with Gasteiger partial charge in [-0.15, -0.1) is 0 Å². The summed E-state index contributed by atoms with van der Waals surface area (Å²) in [5, 5.41) is 9.23. The first-order chi connectivity index (χ1) is 11.2. The van der Waals surface area contributed by atoms with Gasteiger partial charge in [0.05, 0.1) is 0 Å². The molecule has 1 aliphatic heterocycles. The molecule has 5 heteroatoms. The second-order valence-electron chi connectivity index (χ2n) is 6.49. The van der Waals surface area contributed by atoms with Gasteiger partial charge in [0, 0.05) is 32.2 Å². The summed E-state index contributed by atoms with van der Waals surface area (Å²) in [6, 6.07) is 7.19. The highest BCUT2D eigenvalue weighted by molar-refractivity contribution is 5.77. The van der Waals surface area contributed by atoms with Crippen molar-refractivity contribution >= 4 is 5.91 Å². The molecule has 0 unspecified atom stereocenters. The minimum absolute atomic E-state index is 0.0429. The van der Waals surface area contributed by atoms with Gasteiger partial charge in [0.15, 0.2) is 6.61 Å². The van der Waals surface area contributed by atoms with Crippen LogP contribution in [0.5, 0.6) is 11.5 Å². The Balaban J connectivity index is 1.41. The molecule has 1 aromatic carbocycles. The first-order valence-corrected chi connectivity index (χ1v) is 8.66. The fourth-order valence-corrected chi connectivity index (χ4v) is 3.56. The molecular formula is C18H26N2O3. The largest absolute Gasteiger partial charge is 0.508 e. The lowest BCUT2D eigenvalue weighted by molar-refractivity contribution is -0.135. The smallest absolute Gasteiger partial charge is 0.260 e. The molecule has 2 aliphatic rings. The second-order valence-corrected chi connectivity index (χ2v) is 6.49. The van der Waals surface area contributed by atoms with E-state index in [2.05, 4.69) is 4.90 Å². The van der Waals surface area contributed by atoms with Crippen LogP contribution in [0.4, 0.5) is 0 Å². The van der Waals surface area contributed by atoms with Gasteiger partial charge in [-0.3, -0.25) is 9.69 Å². The SMILES string of the molecule is O=C(COc1ccc(O)cc1)N1CCN(C2CCCCC2)CC1. The van der Waals surface area contributed by atoms with Gasteiger partial charge < -0.3 is 14.7 Å². The Bertz CT molecular complexity index is 504. The molecule has 5 nitrogen and oxygen atoms in total. The molecule has 0 spiro atoms. The van der Waals surface area contributed by atoms with E-state index in [4.69, 9.17) is 4.74 Å². The minimum Gasteiger partial charge on any atom is -0.508 e. The van der Waals surface area contributed by atoms with Gasteiger partial charge in [0.25, 0.3) is 5.91 Å². The van der Waals surface area contributed by atoms with Gasteiger partial charge in [0.1, 0.15) is 11.5 Å². The Morgan fingerprint density at radius 2 is 1.70 bits per heavy atom. The molecule has 1 aliphatic carbocycles. The fraction of sp³-hybridized carbons (Fsp3) is 0.611. The molecule has 1 amide bonds. The van der Waals surface area contributed by atoms with Crippen molar-refractivity contribution in [3.63, 3.8) is 0 Å². The molecule has 1 N–H and O–H groups in total. The predicted molar refractivity (Wildman–Crippen MR) is 88.6 cm³/mol. The van der Waals surface area contributed by atoms with Gasteiger partial charge in [-0.05, 0) is 37.1 Å². The first kappa shape index (κ1) is 16.1. The third-order valence-corrected chi connectivity index (χ3v) is 4.96. The van der Waals surface area contributed by atoms with E-state index in [9.17, 15) is 9.90 Å². The number of amides is 1. The van der Waals surface area contributed by atoms with Crippen molar-refractivity contribution in [3.05, 3.63) is 24.3 Å². The van der Waals surface area contributed by atoms with Crippen molar-refractivity contribution < 1.29 is 14.6 Å². The Morgan fingerprint density at radius 3 is 2.35 bits per heavy atom. The number of carbonyl (C=O) groups is 1. The number of benzene rings is 1. The molecule has 1 saturated heterocycles. The van der Waals surface area contributed by atoms with E-state index in [0.717, 1.165) is 32.2 Å². The van der Waals surface area contributed by atoms with E-state index in [1.807, 2.05) is 4.90 Å². The van der Waals surface area contributed by atoms with Gasteiger partial charge in [-0.2, -0.15) is 0 Å². The fourth-order valence-electron chi connectivity index (χ4n) is 3.56. The zero-order valence-electron chi connectivity index (χ0n) is 13.6. The van der Waals surface area contributed by atoms with Crippen LogP contribution in [0.2, 0.25) is 0 Å². The number of rotatable bonds is 4. The lowest BCUT2D eigenvalue weighted by Gasteiger charge is -2.40. The van der Waals surface area contributed by atoms with Gasteiger partial charge in [-0.25, -0.2) is 0 Å². The van der Waals surface area contributed by atoms with E-state index in [-0.39, 0.29) is 18.3 Å². The number of hydrogen-bond donors (Lipinski definition) is 1. The highest BCUT2D eigenvalue weighted by Gasteiger charge is 2.27. The highest BCUT2D eigenvalue weighted by Crippen LogP contribution is 2.23. The zero-order valence-corrected chi connectivity index (χ0v) is 13.6. The van der Waals surface area contributed by atoms with E-state index < -0.39 is 0 Å². The van der Waals surface area contributed by atoms with Crippen LogP contribution < -0.4 is 4.74 Å². The van der Waals surface area contributed by atoms with Crippen molar-refractivity contribution in [2.75, 3.05) is 32.8 Å². The standard InChI is InChI=1S/C18H26N2O3/c21-16-6-8-17(9-7-16)23-14-18(22)20-12-10-19(11-13-20)15-4-2-1-3-5-15/h6-9,15,21H,1-5,10-14H2. The minimum atomic E-state index is 0.0429. The van der Waals surface area contributed by atoms with Crippen LogP contribution in [-0.4, -0.2) is 59.6 Å². The molecular weight excluding hydrogens is 292 g/mol. The maximum absolute atomic E-state index is 12.3. The predicted octanol–water partition coefficient (Wildman–Crippen LogP) is 2.25. The molecule has 1 saturated carbocycles. The van der Waals surface area contributed by atoms with E-state index in [1.54, 1.807) is 24.3 Å². The van der Waals surface area contributed by atoms with Crippen molar-refractivity contribution in [1.29, 1.82) is 0 Å². The quantitative estimate of drug-likeness (QED) is 0.925. The van der Waals surface area contributed by atoms with Crippen LogP contribution in [-0.2, 0) is 4.79 Å². The second kappa shape index (κ2) is 7.68. The van der Waals surface area contributed by atoms with Crippen LogP contribution in [0.3, 0.4) is 0 Å². The average molecular weight is 318 g/mol. The molecule has 0 aromatic heterocycles. The van der Waals surface area contributed by atoms with Gasteiger partial charge >= 0.3 is 0 Å². The van der Waals surface area contributed by atoms with Crippen LogP contribution in [0, 0.1) is 0 Å². The number of aromatic hydroxyl groups is 1. The van der Waals surface area contributed by atoms with Crippen molar-refractivity contribution in [1.82, 2.24) is 9.80 Å². The Hall–Kier alpha value is -1.75. The van der Waals surface area contributed by atoms with E-state index >= 15 is 0 Å². The summed E-state index contributed by atoms with van der Waals surface area (Å²) < 4.78 is 5.50. The number of piperazine rings is 1. The molecule has 0 bridgehead atoms. The van der Waals surface area contributed by atoms with Crippen molar-refractivity contribution in [2.24, 2.45) is 0 Å². The number of ether oxygens (including phenoxy) is 1. The van der Waals surface area contributed by atoms with Crippen LogP contribution in [0.15, 0.2) is 24.3 Å². The van der Waals surface area contributed by atoms with Gasteiger partial charge in [-0.1, -0.05) is 19.3 Å². The number of phenolic OH excluding ortho intramolecular Hbond substituents is 1. The Labute approximate surface area is 137 Å². The number of carbonyl (C=O) groups excluding carboxylic acids is 1. The topological polar surface area (TPSA) is 53.0 Å².